The average molecular weight is 334 g/mol. The van der Waals surface area contributed by atoms with Crippen LogP contribution in [0.3, 0.4) is 0 Å². The van der Waals surface area contributed by atoms with E-state index < -0.39 is 0 Å². The molecule has 1 aromatic carbocycles. The van der Waals surface area contributed by atoms with E-state index in [-0.39, 0.29) is 5.82 Å². The standard InChI is InChI=1S/C17H23FN4S/c1-12(2)16-22-15(11-23-16)10-21-17(19-3)20-9-8-13-4-6-14(18)7-5-13/h4-7,11-12H,8-10H2,1-3H3,(H2,19,20,21). The first kappa shape index (κ1) is 17.4. The van der Waals surface area contributed by atoms with Gasteiger partial charge in [0.15, 0.2) is 5.96 Å². The molecule has 6 heteroatoms. The number of benzene rings is 1. The van der Waals surface area contributed by atoms with Crippen molar-refractivity contribution < 1.29 is 4.39 Å². The van der Waals surface area contributed by atoms with Gasteiger partial charge < -0.3 is 10.6 Å². The number of hydrogen-bond acceptors (Lipinski definition) is 3. The maximum Gasteiger partial charge on any atom is 0.191 e. The number of rotatable bonds is 6. The Morgan fingerprint density at radius 3 is 2.61 bits per heavy atom. The van der Waals surface area contributed by atoms with E-state index in [1.165, 1.54) is 12.1 Å². The maximum atomic E-state index is 12.9. The predicted molar refractivity (Wildman–Crippen MR) is 94.5 cm³/mol. The van der Waals surface area contributed by atoms with E-state index in [0.29, 0.717) is 12.5 Å². The number of aromatic nitrogens is 1. The minimum Gasteiger partial charge on any atom is -0.356 e. The Balaban J connectivity index is 1.75. The average Bonchev–Trinajstić information content (AvgIpc) is 3.01. The van der Waals surface area contributed by atoms with Crippen LogP contribution in [-0.4, -0.2) is 24.5 Å². The molecule has 0 radical (unpaired) electrons. The minimum absolute atomic E-state index is 0.205. The van der Waals surface area contributed by atoms with E-state index >= 15 is 0 Å². The van der Waals surface area contributed by atoms with Gasteiger partial charge in [-0.05, 0) is 24.1 Å². The SMILES string of the molecule is CN=C(NCCc1ccc(F)cc1)NCc1csc(C(C)C)n1. The van der Waals surface area contributed by atoms with Crippen molar-refractivity contribution in [2.75, 3.05) is 13.6 Å². The molecular weight excluding hydrogens is 311 g/mol. The fourth-order valence-electron chi connectivity index (χ4n) is 2.04. The number of hydrogen-bond donors (Lipinski definition) is 2. The molecule has 0 bridgehead atoms. The molecule has 1 aromatic heterocycles. The highest BCUT2D eigenvalue weighted by Crippen LogP contribution is 2.18. The Bertz CT molecular complexity index is 634. The van der Waals surface area contributed by atoms with Crippen molar-refractivity contribution in [1.29, 1.82) is 0 Å². The van der Waals surface area contributed by atoms with Crippen LogP contribution in [0.4, 0.5) is 4.39 Å². The van der Waals surface area contributed by atoms with Gasteiger partial charge in [0.05, 0.1) is 17.2 Å². The van der Waals surface area contributed by atoms with Gasteiger partial charge in [-0.25, -0.2) is 9.37 Å². The molecule has 124 valence electrons. The zero-order valence-corrected chi connectivity index (χ0v) is 14.6. The van der Waals surface area contributed by atoms with Crippen LogP contribution in [-0.2, 0) is 13.0 Å². The molecule has 0 saturated heterocycles. The number of halogens is 1. The topological polar surface area (TPSA) is 49.3 Å². The summed E-state index contributed by atoms with van der Waals surface area (Å²) in [5.74, 6) is 0.997. The molecule has 4 nitrogen and oxygen atoms in total. The molecular formula is C17H23FN4S. The molecule has 0 fully saturated rings. The molecule has 1 heterocycles. The smallest absolute Gasteiger partial charge is 0.191 e. The van der Waals surface area contributed by atoms with Gasteiger partial charge in [0.2, 0.25) is 0 Å². The normalized spacial score (nSPS) is 11.8. The summed E-state index contributed by atoms with van der Waals surface area (Å²) in [6.07, 6.45) is 0.815. The third-order valence-corrected chi connectivity index (χ3v) is 4.54. The lowest BCUT2D eigenvalue weighted by atomic mass is 10.1. The number of thiazole rings is 1. The van der Waals surface area contributed by atoms with Crippen molar-refractivity contribution >= 4 is 17.3 Å². The Morgan fingerprint density at radius 2 is 2.00 bits per heavy atom. The summed E-state index contributed by atoms with van der Waals surface area (Å²) in [6, 6.07) is 6.57. The Morgan fingerprint density at radius 1 is 1.26 bits per heavy atom. The number of aliphatic imine (C=N–C) groups is 1. The van der Waals surface area contributed by atoms with Gasteiger partial charge in [-0.3, -0.25) is 4.99 Å². The van der Waals surface area contributed by atoms with E-state index in [9.17, 15) is 4.39 Å². The third-order valence-electron chi connectivity index (χ3n) is 3.34. The molecule has 0 spiro atoms. The van der Waals surface area contributed by atoms with Crippen LogP contribution in [0.5, 0.6) is 0 Å². The fraction of sp³-hybridized carbons (Fsp3) is 0.412. The van der Waals surface area contributed by atoms with E-state index in [2.05, 4.69) is 39.8 Å². The molecule has 23 heavy (non-hydrogen) atoms. The third kappa shape index (κ3) is 5.63. The van der Waals surface area contributed by atoms with Crippen molar-refractivity contribution in [3.8, 4) is 0 Å². The van der Waals surface area contributed by atoms with Gasteiger partial charge in [0.1, 0.15) is 5.82 Å². The first-order chi connectivity index (χ1) is 11.1. The summed E-state index contributed by atoms with van der Waals surface area (Å²) in [7, 11) is 1.74. The second-order valence-electron chi connectivity index (χ2n) is 5.56. The highest BCUT2D eigenvalue weighted by molar-refractivity contribution is 7.09. The lowest BCUT2D eigenvalue weighted by Gasteiger charge is -2.11. The zero-order valence-electron chi connectivity index (χ0n) is 13.8. The highest BCUT2D eigenvalue weighted by atomic mass is 32.1. The van der Waals surface area contributed by atoms with Crippen molar-refractivity contribution in [1.82, 2.24) is 15.6 Å². The first-order valence-corrected chi connectivity index (χ1v) is 8.59. The molecule has 0 aliphatic rings. The Labute approximate surface area is 140 Å². The van der Waals surface area contributed by atoms with E-state index in [0.717, 1.165) is 35.2 Å². The molecule has 2 N–H and O–H groups in total. The first-order valence-electron chi connectivity index (χ1n) is 7.71. The number of nitrogens with one attached hydrogen (secondary N) is 2. The van der Waals surface area contributed by atoms with Gasteiger partial charge in [-0.2, -0.15) is 0 Å². The van der Waals surface area contributed by atoms with Crippen molar-refractivity contribution in [3.63, 3.8) is 0 Å². The summed E-state index contributed by atoms with van der Waals surface area (Å²) < 4.78 is 12.9. The second-order valence-corrected chi connectivity index (χ2v) is 6.45. The van der Waals surface area contributed by atoms with Gasteiger partial charge in [0, 0.05) is 24.9 Å². The lowest BCUT2D eigenvalue weighted by molar-refractivity contribution is 0.626. The summed E-state index contributed by atoms with van der Waals surface area (Å²) in [5, 5.41) is 9.74. The van der Waals surface area contributed by atoms with Crippen LogP contribution in [0.2, 0.25) is 0 Å². The molecule has 0 amide bonds. The molecule has 2 aromatic rings. The molecule has 0 unspecified atom stereocenters. The van der Waals surface area contributed by atoms with Crippen LogP contribution in [0, 0.1) is 5.82 Å². The second kappa shape index (κ2) is 8.62. The summed E-state index contributed by atoms with van der Waals surface area (Å²) >= 11 is 1.69. The van der Waals surface area contributed by atoms with E-state index in [1.54, 1.807) is 30.5 Å². The highest BCUT2D eigenvalue weighted by Gasteiger charge is 2.06. The van der Waals surface area contributed by atoms with Crippen LogP contribution in [0.15, 0.2) is 34.6 Å². The minimum atomic E-state index is -0.205. The predicted octanol–water partition coefficient (Wildman–Crippen LogP) is 3.31. The summed E-state index contributed by atoms with van der Waals surface area (Å²) in [4.78, 5) is 8.79. The fourth-order valence-corrected chi connectivity index (χ4v) is 2.88. The lowest BCUT2D eigenvalue weighted by Crippen LogP contribution is -2.37. The van der Waals surface area contributed by atoms with E-state index in [4.69, 9.17) is 0 Å². The van der Waals surface area contributed by atoms with Crippen LogP contribution in [0.1, 0.15) is 36.0 Å². The number of nitrogens with zero attached hydrogens (tertiary/aromatic N) is 2. The zero-order chi connectivity index (χ0) is 16.7. The molecule has 2 rings (SSSR count). The molecule has 0 atom stereocenters. The maximum absolute atomic E-state index is 12.9. The van der Waals surface area contributed by atoms with Gasteiger partial charge in [0.25, 0.3) is 0 Å². The van der Waals surface area contributed by atoms with Crippen molar-refractivity contribution in [2.24, 2.45) is 4.99 Å². The van der Waals surface area contributed by atoms with Gasteiger partial charge >= 0.3 is 0 Å². The van der Waals surface area contributed by atoms with Crippen LogP contribution < -0.4 is 10.6 Å². The summed E-state index contributed by atoms with van der Waals surface area (Å²) in [6.45, 7) is 5.68. The van der Waals surface area contributed by atoms with Gasteiger partial charge in [-0.15, -0.1) is 11.3 Å². The molecule has 0 aliphatic heterocycles. The monoisotopic (exact) mass is 334 g/mol. The molecule has 0 saturated carbocycles. The number of guanidine groups is 1. The van der Waals surface area contributed by atoms with Crippen molar-refractivity contribution in [3.05, 3.63) is 51.7 Å². The van der Waals surface area contributed by atoms with E-state index in [1.807, 2.05) is 0 Å². The van der Waals surface area contributed by atoms with Gasteiger partial charge in [-0.1, -0.05) is 26.0 Å². The Hall–Kier alpha value is -1.95. The summed E-state index contributed by atoms with van der Waals surface area (Å²) in [5.41, 5.74) is 2.12. The Kier molecular flexibility index (Phi) is 6.52. The molecule has 0 aliphatic carbocycles. The quantitative estimate of drug-likeness (QED) is 0.629. The van der Waals surface area contributed by atoms with Crippen LogP contribution in [0.25, 0.3) is 0 Å². The van der Waals surface area contributed by atoms with Crippen LogP contribution >= 0.6 is 11.3 Å². The van der Waals surface area contributed by atoms with Crippen molar-refractivity contribution in [2.45, 2.75) is 32.7 Å². The largest absolute Gasteiger partial charge is 0.356 e.